The van der Waals surface area contributed by atoms with Crippen LogP contribution in [-0.2, 0) is 6.42 Å². The fraction of sp³-hybridized carbons (Fsp3) is 0.364. The van der Waals surface area contributed by atoms with E-state index in [9.17, 15) is 5.11 Å². The molecule has 0 aliphatic heterocycles. The highest BCUT2D eigenvalue weighted by atomic mass is 16.3. The summed E-state index contributed by atoms with van der Waals surface area (Å²) in [5.41, 5.74) is 1.82. The highest BCUT2D eigenvalue weighted by Crippen LogP contribution is 2.25. The van der Waals surface area contributed by atoms with E-state index in [2.05, 4.69) is 15.1 Å². The van der Waals surface area contributed by atoms with Crippen molar-refractivity contribution in [3.05, 3.63) is 23.9 Å². The minimum atomic E-state index is 0.301. The van der Waals surface area contributed by atoms with E-state index in [0.717, 1.165) is 29.6 Å². The first-order chi connectivity index (χ1) is 7.18. The Kier molecular flexibility index (Phi) is 2.60. The number of likely N-dealkylation sites (N-methyl/N-ethyl adjacent to an activating group) is 1. The zero-order valence-electron chi connectivity index (χ0n) is 8.99. The SMILES string of the molecule is CN(C)CCc1n[nH]c2cccc(O)c12. The molecule has 2 N–H and O–H groups in total. The molecule has 0 bridgehead atoms. The van der Waals surface area contributed by atoms with Gasteiger partial charge in [-0.25, -0.2) is 0 Å². The Bertz CT molecular complexity index is 462. The second-order valence-electron chi connectivity index (χ2n) is 3.92. The van der Waals surface area contributed by atoms with Crippen LogP contribution in [0.25, 0.3) is 10.9 Å². The van der Waals surface area contributed by atoms with Crippen molar-refractivity contribution in [3.63, 3.8) is 0 Å². The van der Waals surface area contributed by atoms with Gasteiger partial charge in [0.15, 0.2) is 0 Å². The Morgan fingerprint density at radius 3 is 2.93 bits per heavy atom. The number of aromatic amines is 1. The normalized spacial score (nSPS) is 11.4. The van der Waals surface area contributed by atoms with Crippen molar-refractivity contribution in [2.24, 2.45) is 0 Å². The molecule has 1 aromatic carbocycles. The first kappa shape index (κ1) is 9.98. The van der Waals surface area contributed by atoms with Crippen molar-refractivity contribution >= 4 is 10.9 Å². The van der Waals surface area contributed by atoms with Gasteiger partial charge in [0.05, 0.1) is 16.6 Å². The number of phenols is 1. The average Bonchev–Trinajstić information content (AvgIpc) is 2.59. The highest BCUT2D eigenvalue weighted by Gasteiger charge is 2.09. The van der Waals surface area contributed by atoms with Crippen LogP contribution in [0.5, 0.6) is 5.75 Å². The molecule has 0 unspecified atom stereocenters. The predicted molar refractivity (Wildman–Crippen MR) is 60.0 cm³/mol. The van der Waals surface area contributed by atoms with Gasteiger partial charge in [-0.05, 0) is 26.2 Å². The molecule has 0 saturated carbocycles. The molecule has 0 aliphatic rings. The molecule has 0 atom stereocenters. The summed E-state index contributed by atoms with van der Waals surface area (Å²) >= 11 is 0. The fourth-order valence-electron chi connectivity index (χ4n) is 1.63. The molecular weight excluding hydrogens is 190 g/mol. The van der Waals surface area contributed by atoms with Gasteiger partial charge < -0.3 is 10.0 Å². The standard InChI is InChI=1S/C11H15N3O/c1-14(2)7-6-9-11-8(12-13-9)4-3-5-10(11)15/h3-5,15H,6-7H2,1-2H3,(H,12,13). The summed E-state index contributed by atoms with van der Waals surface area (Å²) in [5.74, 6) is 0.301. The Hall–Kier alpha value is -1.55. The third-order valence-corrected chi connectivity index (χ3v) is 2.44. The second-order valence-corrected chi connectivity index (χ2v) is 3.92. The first-order valence-corrected chi connectivity index (χ1v) is 4.98. The van der Waals surface area contributed by atoms with Crippen molar-refractivity contribution in [1.82, 2.24) is 15.1 Å². The lowest BCUT2D eigenvalue weighted by Crippen LogP contribution is -2.15. The van der Waals surface area contributed by atoms with E-state index in [4.69, 9.17) is 0 Å². The summed E-state index contributed by atoms with van der Waals surface area (Å²) in [6.45, 7) is 0.925. The number of phenolic OH excluding ortho intramolecular Hbond substituents is 1. The number of benzene rings is 1. The maximum Gasteiger partial charge on any atom is 0.126 e. The zero-order valence-corrected chi connectivity index (χ0v) is 8.99. The van der Waals surface area contributed by atoms with Gasteiger partial charge in [0.2, 0.25) is 0 Å². The van der Waals surface area contributed by atoms with Crippen LogP contribution in [0.2, 0.25) is 0 Å². The van der Waals surface area contributed by atoms with Gasteiger partial charge in [-0.3, -0.25) is 5.10 Å². The van der Waals surface area contributed by atoms with Gasteiger partial charge in [0, 0.05) is 13.0 Å². The summed E-state index contributed by atoms with van der Waals surface area (Å²) < 4.78 is 0. The number of rotatable bonds is 3. The van der Waals surface area contributed by atoms with Crippen molar-refractivity contribution in [2.45, 2.75) is 6.42 Å². The molecule has 4 heteroatoms. The van der Waals surface area contributed by atoms with Crippen LogP contribution < -0.4 is 0 Å². The molecule has 2 aromatic rings. The van der Waals surface area contributed by atoms with Gasteiger partial charge in [-0.2, -0.15) is 5.10 Å². The summed E-state index contributed by atoms with van der Waals surface area (Å²) in [7, 11) is 4.05. The van der Waals surface area contributed by atoms with Crippen LogP contribution in [-0.4, -0.2) is 40.8 Å². The molecular formula is C11H15N3O. The summed E-state index contributed by atoms with van der Waals surface area (Å²) in [4.78, 5) is 2.10. The van der Waals surface area contributed by atoms with E-state index in [-0.39, 0.29) is 0 Å². The average molecular weight is 205 g/mol. The number of aromatic hydroxyl groups is 1. The van der Waals surface area contributed by atoms with Crippen molar-refractivity contribution in [3.8, 4) is 5.75 Å². The van der Waals surface area contributed by atoms with E-state index < -0.39 is 0 Å². The smallest absolute Gasteiger partial charge is 0.126 e. The van der Waals surface area contributed by atoms with Crippen LogP contribution in [0.4, 0.5) is 0 Å². The van der Waals surface area contributed by atoms with Gasteiger partial charge >= 0.3 is 0 Å². The molecule has 80 valence electrons. The Balaban J connectivity index is 2.35. The number of H-pyrrole nitrogens is 1. The Labute approximate surface area is 88.5 Å². The monoisotopic (exact) mass is 205 g/mol. The lowest BCUT2D eigenvalue weighted by atomic mass is 10.1. The lowest BCUT2D eigenvalue weighted by molar-refractivity contribution is 0.412. The molecule has 0 spiro atoms. The predicted octanol–water partition coefficient (Wildman–Crippen LogP) is 1.37. The quantitative estimate of drug-likeness (QED) is 0.795. The minimum Gasteiger partial charge on any atom is -0.507 e. The highest BCUT2D eigenvalue weighted by molar-refractivity contribution is 5.87. The van der Waals surface area contributed by atoms with Gasteiger partial charge in [0.1, 0.15) is 5.75 Å². The topological polar surface area (TPSA) is 52.2 Å². The molecule has 15 heavy (non-hydrogen) atoms. The molecule has 0 saturated heterocycles. The van der Waals surface area contributed by atoms with E-state index in [0.29, 0.717) is 5.75 Å². The lowest BCUT2D eigenvalue weighted by Gasteiger charge is -2.07. The number of aromatic nitrogens is 2. The van der Waals surface area contributed by atoms with Crippen molar-refractivity contribution < 1.29 is 5.11 Å². The Morgan fingerprint density at radius 2 is 2.20 bits per heavy atom. The zero-order chi connectivity index (χ0) is 10.8. The molecule has 2 rings (SSSR count). The van der Waals surface area contributed by atoms with Gasteiger partial charge in [-0.15, -0.1) is 0 Å². The Morgan fingerprint density at radius 1 is 1.40 bits per heavy atom. The largest absolute Gasteiger partial charge is 0.507 e. The van der Waals surface area contributed by atoms with E-state index in [1.54, 1.807) is 6.07 Å². The second kappa shape index (κ2) is 3.90. The molecule has 1 heterocycles. The number of nitrogens with one attached hydrogen (secondary N) is 1. The number of hydrogen-bond acceptors (Lipinski definition) is 3. The summed E-state index contributed by atoms with van der Waals surface area (Å²) in [6, 6.07) is 5.42. The third-order valence-electron chi connectivity index (χ3n) is 2.44. The maximum absolute atomic E-state index is 9.73. The molecule has 0 fully saturated rings. The van der Waals surface area contributed by atoms with E-state index in [1.165, 1.54) is 0 Å². The number of hydrogen-bond donors (Lipinski definition) is 2. The van der Waals surface area contributed by atoms with Crippen LogP contribution in [0, 0.1) is 0 Å². The van der Waals surface area contributed by atoms with Crippen LogP contribution in [0.3, 0.4) is 0 Å². The maximum atomic E-state index is 9.73. The summed E-state index contributed by atoms with van der Waals surface area (Å²) in [6.07, 6.45) is 0.838. The number of fused-ring (bicyclic) bond motifs is 1. The molecule has 0 aliphatic carbocycles. The van der Waals surface area contributed by atoms with Gasteiger partial charge in [0.25, 0.3) is 0 Å². The minimum absolute atomic E-state index is 0.301. The molecule has 0 radical (unpaired) electrons. The van der Waals surface area contributed by atoms with E-state index >= 15 is 0 Å². The van der Waals surface area contributed by atoms with Crippen LogP contribution >= 0.6 is 0 Å². The van der Waals surface area contributed by atoms with Crippen molar-refractivity contribution in [1.29, 1.82) is 0 Å². The molecule has 4 nitrogen and oxygen atoms in total. The summed E-state index contributed by atoms with van der Waals surface area (Å²) in [5, 5.41) is 17.7. The third kappa shape index (κ3) is 1.94. The molecule has 0 amide bonds. The van der Waals surface area contributed by atoms with Crippen LogP contribution in [0.15, 0.2) is 18.2 Å². The number of nitrogens with zero attached hydrogens (tertiary/aromatic N) is 2. The fourth-order valence-corrected chi connectivity index (χ4v) is 1.63. The first-order valence-electron chi connectivity index (χ1n) is 4.98. The van der Waals surface area contributed by atoms with Crippen molar-refractivity contribution in [2.75, 3.05) is 20.6 Å². The van der Waals surface area contributed by atoms with Crippen LogP contribution in [0.1, 0.15) is 5.69 Å². The molecule has 1 aromatic heterocycles. The van der Waals surface area contributed by atoms with E-state index in [1.807, 2.05) is 26.2 Å². The van der Waals surface area contributed by atoms with Gasteiger partial charge in [-0.1, -0.05) is 6.07 Å².